The van der Waals surface area contributed by atoms with Crippen LogP contribution in [0.15, 0.2) is 158 Å². The number of benzene rings is 7. The first kappa shape index (κ1) is 25.9. The Morgan fingerprint density at radius 2 is 0.870 bits per heavy atom. The average Bonchev–Trinajstić information content (AvgIpc) is 3.77. The molecule has 0 unspecified atom stereocenters. The lowest BCUT2D eigenvalue weighted by molar-refractivity contribution is 1.18. The van der Waals surface area contributed by atoms with E-state index in [4.69, 9.17) is 0 Å². The summed E-state index contributed by atoms with van der Waals surface area (Å²) in [6, 6.07) is 57.8. The van der Waals surface area contributed by atoms with Gasteiger partial charge in [0.1, 0.15) is 0 Å². The molecule has 10 rings (SSSR count). The van der Waals surface area contributed by atoms with Gasteiger partial charge >= 0.3 is 0 Å². The minimum absolute atomic E-state index is 1.13. The van der Waals surface area contributed by atoms with Crippen molar-refractivity contribution in [3.8, 4) is 5.69 Å². The van der Waals surface area contributed by atoms with E-state index in [1.54, 1.807) is 0 Å². The summed E-state index contributed by atoms with van der Waals surface area (Å²) in [6.07, 6.45) is 0. The summed E-state index contributed by atoms with van der Waals surface area (Å²) in [4.78, 5) is 2.43. The molecule has 0 amide bonds. The fourth-order valence-electron chi connectivity index (χ4n) is 7.11. The van der Waals surface area contributed by atoms with Crippen LogP contribution in [0.2, 0.25) is 0 Å². The molecule has 0 aliphatic carbocycles. The van der Waals surface area contributed by atoms with Crippen LogP contribution in [0, 0.1) is 0 Å². The molecule has 2 nitrogen and oxygen atoms in total. The first-order valence-electron chi connectivity index (χ1n) is 15.5. The Morgan fingerprint density at radius 1 is 0.348 bits per heavy atom. The maximum Gasteiger partial charge on any atom is 0.0561 e. The highest BCUT2D eigenvalue weighted by molar-refractivity contribution is 7.26. The normalized spacial score (nSPS) is 11.9. The lowest BCUT2D eigenvalue weighted by atomic mass is 10.1. The van der Waals surface area contributed by atoms with Gasteiger partial charge < -0.3 is 9.47 Å². The van der Waals surface area contributed by atoms with Crippen molar-refractivity contribution in [1.82, 2.24) is 4.57 Å². The number of nitrogens with zero attached hydrogens (tertiary/aromatic N) is 2. The van der Waals surface area contributed by atoms with Crippen LogP contribution in [0.3, 0.4) is 0 Å². The lowest BCUT2D eigenvalue weighted by Crippen LogP contribution is -2.10. The minimum Gasteiger partial charge on any atom is -0.310 e. The summed E-state index contributed by atoms with van der Waals surface area (Å²) in [5.74, 6) is 0. The Hall–Kier alpha value is -5.42. The lowest BCUT2D eigenvalue weighted by Gasteiger charge is -2.26. The van der Waals surface area contributed by atoms with Crippen molar-refractivity contribution >= 4 is 102 Å². The Morgan fingerprint density at radius 3 is 1.67 bits per heavy atom. The van der Waals surface area contributed by atoms with Crippen LogP contribution >= 0.6 is 22.7 Å². The molecule has 0 N–H and O–H groups in total. The van der Waals surface area contributed by atoms with E-state index in [2.05, 4.69) is 167 Å². The van der Waals surface area contributed by atoms with Gasteiger partial charge in [-0.15, -0.1) is 22.7 Å². The zero-order valence-corrected chi connectivity index (χ0v) is 26.4. The quantitative estimate of drug-likeness (QED) is 0.190. The molecule has 0 aliphatic rings. The Labute approximate surface area is 273 Å². The third kappa shape index (κ3) is 3.87. The zero-order valence-electron chi connectivity index (χ0n) is 24.7. The number of thiophene rings is 2. The number of hydrogen-bond acceptors (Lipinski definition) is 3. The second kappa shape index (κ2) is 10.0. The van der Waals surface area contributed by atoms with Crippen molar-refractivity contribution in [2.24, 2.45) is 0 Å². The predicted molar refractivity (Wildman–Crippen MR) is 201 cm³/mol. The largest absolute Gasteiger partial charge is 0.310 e. The number of anilines is 3. The van der Waals surface area contributed by atoms with Crippen LogP contribution in [0.1, 0.15) is 0 Å². The molecular weight excluding hydrogens is 597 g/mol. The van der Waals surface area contributed by atoms with Gasteiger partial charge in [0.2, 0.25) is 0 Å². The molecular formula is C42H26N2S2. The zero-order chi connectivity index (χ0) is 30.2. The summed E-state index contributed by atoms with van der Waals surface area (Å²) in [7, 11) is 0. The van der Waals surface area contributed by atoms with Gasteiger partial charge in [-0.05, 0) is 72.8 Å². The van der Waals surface area contributed by atoms with E-state index >= 15 is 0 Å². The molecule has 10 aromatic rings. The van der Waals surface area contributed by atoms with E-state index in [9.17, 15) is 0 Å². The molecule has 216 valence electrons. The average molecular weight is 623 g/mol. The minimum atomic E-state index is 1.13. The maximum atomic E-state index is 2.43. The van der Waals surface area contributed by atoms with Crippen molar-refractivity contribution in [3.05, 3.63) is 158 Å². The van der Waals surface area contributed by atoms with Crippen molar-refractivity contribution in [1.29, 1.82) is 0 Å². The van der Waals surface area contributed by atoms with E-state index in [1.165, 1.54) is 62.2 Å². The third-order valence-electron chi connectivity index (χ3n) is 9.17. The highest BCUT2D eigenvalue weighted by Gasteiger charge is 2.19. The van der Waals surface area contributed by atoms with Gasteiger partial charge in [-0.1, -0.05) is 84.9 Å². The summed E-state index contributed by atoms with van der Waals surface area (Å²) >= 11 is 3.73. The molecule has 3 aromatic heterocycles. The van der Waals surface area contributed by atoms with Gasteiger partial charge in [-0.2, -0.15) is 0 Å². The van der Waals surface area contributed by atoms with Crippen molar-refractivity contribution < 1.29 is 0 Å². The van der Waals surface area contributed by atoms with E-state index in [1.807, 2.05) is 22.7 Å². The molecule has 0 fully saturated rings. The van der Waals surface area contributed by atoms with Crippen LogP contribution in [0.5, 0.6) is 0 Å². The van der Waals surface area contributed by atoms with Gasteiger partial charge in [-0.25, -0.2) is 0 Å². The van der Waals surface area contributed by atoms with E-state index in [0.717, 1.165) is 22.7 Å². The number of fused-ring (bicyclic) bond motifs is 9. The number of rotatable bonds is 4. The van der Waals surface area contributed by atoms with E-state index in [-0.39, 0.29) is 0 Å². The molecule has 3 heterocycles. The van der Waals surface area contributed by atoms with Crippen LogP contribution < -0.4 is 4.90 Å². The van der Waals surface area contributed by atoms with Crippen LogP contribution in [-0.4, -0.2) is 4.57 Å². The van der Waals surface area contributed by atoms with Gasteiger partial charge in [0.15, 0.2) is 0 Å². The van der Waals surface area contributed by atoms with Gasteiger partial charge in [0.05, 0.1) is 11.0 Å². The van der Waals surface area contributed by atoms with Crippen LogP contribution in [-0.2, 0) is 0 Å². The van der Waals surface area contributed by atoms with E-state index in [0.29, 0.717) is 0 Å². The number of hydrogen-bond donors (Lipinski definition) is 0. The van der Waals surface area contributed by atoms with Crippen molar-refractivity contribution in [2.45, 2.75) is 0 Å². The van der Waals surface area contributed by atoms with Crippen LogP contribution in [0.25, 0.3) is 67.8 Å². The molecule has 0 bridgehead atoms. The molecule has 46 heavy (non-hydrogen) atoms. The molecule has 0 atom stereocenters. The van der Waals surface area contributed by atoms with Gasteiger partial charge in [0.25, 0.3) is 0 Å². The van der Waals surface area contributed by atoms with Crippen molar-refractivity contribution in [2.75, 3.05) is 4.90 Å². The second-order valence-corrected chi connectivity index (χ2v) is 13.9. The Kier molecular flexibility index (Phi) is 5.65. The van der Waals surface area contributed by atoms with Crippen molar-refractivity contribution in [3.63, 3.8) is 0 Å². The Balaban J connectivity index is 1.25. The standard InChI is InChI=1S/C42H26N2S2/c1-2-10-27(11-3-1)44-37-15-7-4-12-31(37)32-21-18-29(25-38(32)44)43(28-20-23-41-36(24-28)34-14-6-9-17-40(34)45-41)30-19-22-35-33-13-5-8-16-39(33)46-42(35)26-30/h1-26H. The van der Waals surface area contributed by atoms with E-state index < -0.39 is 0 Å². The summed E-state index contributed by atoms with van der Waals surface area (Å²) in [5, 5.41) is 7.75. The predicted octanol–water partition coefficient (Wildman–Crippen LogP) is 13.0. The molecule has 4 heteroatoms. The first-order chi connectivity index (χ1) is 22.8. The molecule has 7 aromatic carbocycles. The Bertz CT molecular complexity index is 2770. The molecule has 0 saturated carbocycles. The topological polar surface area (TPSA) is 8.17 Å². The third-order valence-corrected chi connectivity index (χ3v) is 11.5. The fraction of sp³-hybridized carbons (Fsp3) is 0. The summed E-state index contributed by atoms with van der Waals surface area (Å²) in [6.45, 7) is 0. The van der Waals surface area contributed by atoms with Gasteiger partial charge in [0, 0.05) is 73.9 Å². The molecule has 0 aliphatic heterocycles. The number of para-hydroxylation sites is 2. The highest BCUT2D eigenvalue weighted by Crippen LogP contribution is 2.44. The SMILES string of the molecule is c1ccc(-n2c3ccccc3c3ccc(N(c4ccc5c(c4)sc4ccccc45)c4ccc5sc6ccccc6c5c4)cc32)cc1. The number of aromatic nitrogens is 1. The first-order valence-corrected chi connectivity index (χ1v) is 17.1. The smallest absolute Gasteiger partial charge is 0.0561 e. The monoisotopic (exact) mass is 622 g/mol. The molecule has 0 saturated heterocycles. The summed E-state index contributed by atoms with van der Waals surface area (Å²) in [5.41, 5.74) is 7.00. The molecule has 0 spiro atoms. The maximum absolute atomic E-state index is 2.43. The highest BCUT2D eigenvalue weighted by atomic mass is 32.1. The van der Waals surface area contributed by atoms with Crippen LogP contribution in [0.4, 0.5) is 17.1 Å². The fourth-order valence-corrected chi connectivity index (χ4v) is 9.33. The van der Waals surface area contributed by atoms with Gasteiger partial charge in [-0.3, -0.25) is 0 Å². The summed E-state index contributed by atoms with van der Waals surface area (Å²) < 4.78 is 7.65. The second-order valence-electron chi connectivity index (χ2n) is 11.8. The molecule has 0 radical (unpaired) electrons.